The molecule has 2 aromatic carbocycles. The molecule has 1 aromatic heterocycles. The number of rotatable bonds is 7. The molecule has 27 heavy (non-hydrogen) atoms. The summed E-state index contributed by atoms with van der Waals surface area (Å²) in [6.45, 7) is 4.33. The molecule has 0 bridgehead atoms. The third-order valence-corrected chi connectivity index (χ3v) is 4.37. The van der Waals surface area contributed by atoms with Gasteiger partial charge in [0.15, 0.2) is 0 Å². The van der Waals surface area contributed by atoms with Crippen LogP contribution in [0.15, 0.2) is 83.5 Å². The topological polar surface area (TPSA) is 42.2 Å². The molecule has 1 atom stereocenters. The molecule has 1 amide bonds. The highest BCUT2D eigenvalue weighted by molar-refractivity contribution is 6.24. The van der Waals surface area contributed by atoms with E-state index in [-0.39, 0.29) is 11.9 Å². The highest BCUT2D eigenvalue weighted by atomic mass is 16.3. The Bertz CT molecular complexity index is 865. The van der Waals surface area contributed by atoms with Gasteiger partial charge >= 0.3 is 0 Å². The van der Waals surface area contributed by atoms with E-state index in [4.69, 9.17) is 4.42 Å². The second kappa shape index (κ2) is 9.04. The first-order chi connectivity index (χ1) is 13.1. The summed E-state index contributed by atoms with van der Waals surface area (Å²) in [5.41, 5.74) is 2.57. The van der Waals surface area contributed by atoms with Crippen molar-refractivity contribution in [2.24, 2.45) is 5.92 Å². The molecule has 3 rings (SSSR count). The number of benzene rings is 2. The molecule has 1 heterocycles. The average Bonchev–Trinajstić information content (AvgIpc) is 3.20. The fraction of sp³-hybridized carbons (Fsp3) is 0.208. The Morgan fingerprint density at radius 3 is 2.22 bits per heavy atom. The monoisotopic (exact) mass is 359 g/mol. The molecule has 0 fully saturated rings. The maximum Gasteiger partial charge on any atom is 0.252 e. The fourth-order valence-corrected chi connectivity index (χ4v) is 3.08. The summed E-state index contributed by atoms with van der Waals surface area (Å²) in [5, 5.41) is 3.23. The first-order valence-electron chi connectivity index (χ1n) is 9.30. The Morgan fingerprint density at radius 1 is 0.963 bits per heavy atom. The molecule has 3 aromatic rings. The molecule has 0 aliphatic rings. The summed E-state index contributed by atoms with van der Waals surface area (Å²) in [5.74, 6) is 1.01. The van der Waals surface area contributed by atoms with E-state index in [0.717, 1.165) is 17.5 Å². The second-order valence-corrected chi connectivity index (χ2v) is 7.01. The van der Waals surface area contributed by atoms with Crippen LogP contribution in [0.5, 0.6) is 0 Å². The van der Waals surface area contributed by atoms with E-state index < -0.39 is 0 Å². The normalized spacial score (nSPS) is 12.8. The van der Waals surface area contributed by atoms with Crippen LogP contribution in [-0.4, -0.2) is 5.91 Å². The van der Waals surface area contributed by atoms with E-state index in [0.29, 0.717) is 17.3 Å². The largest absolute Gasteiger partial charge is 0.465 e. The number of carbonyl (C=O) groups is 1. The summed E-state index contributed by atoms with van der Waals surface area (Å²) in [4.78, 5) is 13.2. The third-order valence-electron chi connectivity index (χ3n) is 4.37. The predicted octanol–water partition coefficient (Wildman–Crippen LogP) is 5.72. The highest BCUT2D eigenvalue weighted by Crippen LogP contribution is 2.24. The lowest BCUT2D eigenvalue weighted by Crippen LogP contribution is -2.30. The molecule has 0 aliphatic heterocycles. The van der Waals surface area contributed by atoms with E-state index >= 15 is 0 Å². The lowest BCUT2D eigenvalue weighted by atomic mass is 9.96. The van der Waals surface area contributed by atoms with Crippen molar-refractivity contribution in [2.45, 2.75) is 26.3 Å². The smallest absolute Gasteiger partial charge is 0.252 e. The first kappa shape index (κ1) is 18.7. The summed E-state index contributed by atoms with van der Waals surface area (Å²) >= 11 is 0. The second-order valence-electron chi connectivity index (χ2n) is 7.01. The maximum absolute atomic E-state index is 13.2. The molecule has 3 heteroatoms. The first-order valence-corrected chi connectivity index (χ1v) is 9.30. The summed E-state index contributed by atoms with van der Waals surface area (Å²) in [7, 11) is 0. The van der Waals surface area contributed by atoms with Crippen molar-refractivity contribution in [1.82, 2.24) is 5.32 Å². The van der Waals surface area contributed by atoms with Gasteiger partial charge in [0.1, 0.15) is 5.76 Å². The Morgan fingerprint density at radius 2 is 1.63 bits per heavy atom. The minimum Gasteiger partial charge on any atom is -0.465 e. The van der Waals surface area contributed by atoms with Crippen LogP contribution in [-0.2, 0) is 4.79 Å². The van der Waals surface area contributed by atoms with Crippen LogP contribution in [0.3, 0.4) is 0 Å². The Kier molecular flexibility index (Phi) is 6.26. The van der Waals surface area contributed by atoms with Gasteiger partial charge in [0.2, 0.25) is 0 Å². The van der Waals surface area contributed by atoms with Crippen LogP contribution in [0.25, 0.3) is 11.6 Å². The van der Waals surface area contributed by atoms with E-state index in [9.17, 15) is 4.79 Å². The molecule has 1 N–H and O–H groups in total. The van der Waals surface area contributed by atoms with E-state index in [1.54, 1.807) is 12.3 Å². The van der Waals surface area contributed by atoms with Gasteiger partial charge in [-0.15, -0.1) is 0 Å². The van der Waals surface area contributed by atoms with Crippen molar-refractivity contribution in [2.75, 3.05) is 0 Å². The summed E-state index contributed by atoms with van der Waals surface area (Å²) in [6.07, 6.45) is 4.28. The van der Waals surface area contributed by atoms with Crippen LogP contribution in [0.1, 0.15) is 43.2 Å². The number of furan rings is 1. The summed E-state index contributed by atoms with van der Waals surface area (Å²) < 4.78 is 5.43. The van der Waals surface area contributed by atoms with Crippen LogP contribution >= 0.6 is 0 Å². The molecule has 0 unspecified atom stereocenters. The number of hydrogen-bond acceptors (Lipinski definition) is 2. The molecule has 0 saturated heterocycles. The van der Waals surface area contributed by atoms with Gasteiger partial charge in [-0.2, -0.15) is 0 Å². The fourth-order valence-electron chi connectivity index (χ4n) is 3.08. The third kappa shape index (κ3) is 5.20. The van der Waals surface area contributed by atoms with E-state index in [2.05, 4.69) is 31.3 Å². The van der Waals surface area contributed by atoms with Crippen LogP contribution in [0, 0.1) is 5.92 Å². The van der Waals surface area contributed by atoms with Gasteiger partial charge in [-0.25, -0.2) is 0 Å². The minimum atomic E-state index is -0.105. The highest BCUT2D eigenvalue weighted by Gasteiger charge is 2.20. The van der Waals surface area contributed by atoms with E-state index in [1.165, 1.54) is 0 Å². The molecular formula is C24H25NO2. The molecule has 0 aliphatic carbocycles. The van der Waals surface area contributed by atoms with Gasteiger partial charge in [0.05, 0.1) is 17.9 Å². The van der Waals surface area contributed by atoms with E-state index in [1.807, 2.05) is 60.7 Å². The number of nitrogens with one attached hydrogen (secondary N) is 1. The van der Waals surface area contributed by atoms with Gasteiger partial charge in [0, 0.05) is 0 Å². The zero-order valence-corrected chi connectivity index (χ0v) is 15.8. The zero-order valence-electron chi connectivity index (χ0n) is 15.8. The van der Waals surface area contributed by atoms with Crippen molar-refractivity contribution in [3.8, 4) is 0 Å². The van der Waals surface area contributed by atoms with Gasteiger partial charge in [-0.3, -0.25) is 4.79 Å². The Balaban J connectivity index is 1.91. The van der Waals surface area contributed by atoms with Crippen molar-refractivity contribution < 1.29 is 9.21 Å². The maximum atomic E-state index is 13.2. The molecule has 138 valence electrons. The number of amides is 1. The SMILES string of the molecule is CC(C)C[C@@H](NC(=O)/C(=C/c1ccco1)c1ccccc1)c1ccccc1. The van der Waals surface area contributed by atoms with Gasteiger partial charge < -0.3 is 9.73 Å². The summed E-state index contributed by atoms with van der Waals surface area (Å²) in [6, 6.07) is 23.4. The molecule has 0 radical (unpaired) electrons. The lowest BCUT2D eigenvalue weighted by Gasteiger charge is -2.22. The van der Waals surface area contributed by atoms with Gasteiger partial charge in [-0.05, 0) is 41.7 Å². The predicted molar refractivity (Wildman–Crippen MR) is 110 cm³/mol. The van der Waals surface area contributed by atoms with Gasteiger partial charge in [0.25, 0.3) is 5.91 Å². The molecule has 3 nitrogen and oxygen atoms in total. The van der Waals surface area contributed by atoms with Crippen molar-refractivity contribution in [1.29, 1.82) is 0 Å². The molecule has 0 spiro atoms. The minimum absolute atomic E-state index is 0.0394. The van der Waals surface area contributed by atoms with Crippen LogP contribution < -0.4 is 5.32 Å². The van der Waals surface area contributed by atoms with Crippen LogP contribution in [0.4, 0.5) is 0 Å². The van der Waals surface area contributed by atoms with Gasteiger partial charge in [-0.1, -0.05) is 74.5 Å². The Hall–Kier alpha value is -3.07. The van der Waals surface area contributed by atoms with Crippen molar-refractivity contribution in [3.63, 3.8) is 0 Å². The molecular weight excluding hydrogens is 334 g/mol. The van der Waals surface area contributed by atoms with Crippen molar-refractivity contribution in [3.05, 3.63) is 95.9 Å². The number of hydrogen-bond donors (Lipinski definition) is 1. The standard InChI is InChI=1S/C24H25NO2/c1-18(2)16-23(20-12-7-4-8-13-20)25-24(26)22(17-21-14-9-15-27-21)19-10-5-3-6-11-19/h3-15,17-18,23H,16H2,1-2H3,(H,25,26)/b22-17+/t23-/m1/s1. The Labute approximate surface area is 160 Å². The van der Waals surface area contributed by atoms with Crippen LogP contribution in [0.2, 0.25) is 0 Å². The number of carbonyl (C=O) groups excluding carboxylic acids is 1. The quantitative estimate of drug-likeness (QED) is 0.548. The zero-order chi connectivity index (χ0) is 19.1. The average molecular weight is 359 g/mol. The van der Waals surface area contributed by atoms with Crippen molar-refractivity contribution >= 4 is 17.6 Å². The lowest BCUT2D eigenvalue weighted by molar-refractivity contribution is -0.116. The molecule has 0 saturated carbocycles.